The van der Waals surface area contributed by atoms with Crippen LogP contribution in [0, 0.1) is 0 Å². The summed E-state index contributed by atoms with van der Waals surface area (Å²) in [5, 5.41) is 8.29. The molecule has 0 saturated carbocycles. The van der Waals surface area contributed by atoms with E-state index in [4.69, 9.17) is 4.74 Å². The van der Waals surface area contributed by atoms with Gasteiger partial charge in [-0.25, -0.2) is 0 Å². The summed E-state index contributed by atoms with van der Waals surface area (Å²) in [6.45, 7) is 1.51. The molecule has 5 heteroatoms. The maximum Gasteiger partial charge on any atom is 0.171 e. The topological polar surface area (TPSA) is 56.5 Å². The van der Waals surface area contributed by atoms with E-state index in [1.807, 2.05) is 16.7 Å². The lowest BCUT2D eigenvalue weighted by Gasteiger charge is -2.20. The molecule has 2 aromatic heterocycles. The molecule has 1 atom stereocenters. The number of nitrogens with zero attached hydrogens (tertiary/aromatic N) is 3. The molecule has 1 aliphatic rings. The predicted octanol–water partition coefficient (Wildman–Crippen LogP) is 1.44. The summed E-state index contributed by atoms with van der Waals surface area (Å²) in [6.07, 6.45) is 4.82. The van der Waals surface area contributed by atoms with E-state index in [2.05, 4.69) is 10.2 Å². The number of rotatable bonds is 2. The fourth-order valence-electron chi connectivity index (χ4n) is 2.27. The number of hydrogen-bond donors (Lipinski definition) is 0. The van der Waals surface area contributed by atoms with Gasteiger partial charge < -0.3 is 4.74 Å². The van der Waals surface area contributed by atoms with Crippen LogP contribution in [0.4, 0.5) is 0 Å². The summed E-state index contributed by atoms with van der Waals surface area (Å²) in [5.41, 5.74) is 1.20. The maximum absolute atomic E-state index is 10.9. The van der Waals surface area contributed by atoms with E-state index in [9.17, 15) is 4.79 Å². The molecule has 1 aliphatic heterocycles. The first-order chi connectivity index (χ1) is 8.40. The largest absolute Gasteiger partial charge is 0.381 e. The van der Waals surface area contributed by atoms with Gasteiger partial charge in [-0.15, -0.1) is 10.2 Å². The van der Waals surface area contributed by atoms with Crippen LogP contribution in [0.1, 0.15) is 34.9 Å². The number of hydrogen-bond acceptors (Lipinski definition) is 4. The second-order valence-electron chi connectivity index (χ2n) is 4.25. The molecule has 3 heterocycles. The third-order valence-electron chi connectivity index (χ3n) is 3.14. The van der Waals surface area contributed by atoms with Gasteiger partial charge in [-0.2, -0.15) is 0 Å². The van der Waals surface area contributed by atoms with Crippen molar-refractivity contribution < 1.29 is 9.53 Å². The summed E-state index contributed by atoms with van der Waals surface area (Å²) < 4.78 is 7.35. The van der Waals surface area contributed by atoms with Crippen molar-refractivity contribution in [3.05, 3.63) is 29.7 Å². The van der Waals surface area contributed by atoms with Crippen LogP contribution in [0.25, 0.3) is 5.65 Å². The zero-order valence-corrected chi connectivity index (χ0v) is 9.37. The van der Waals surface area contributed by atoms with Crippen LogP contribution in [0.2, 0.25) is 0 Å². The van der Waals surface area contributed by atoms with Gasteiger partial charge in [-0.3, -0.25) is 9.20 Å². The molecule has 0 radical (unpaired) electrons. The summed E-state index contributed by atoms with van der Waals surface area (Å²) >= 11 is 0. The smallest absolute Gasteiger partial charge is 0.171 e. The number of ether oxygens (including phenoxy) is 1. The molecular weight excluding hydrogens is 218 g/mol. The van der Waals surface area contributed by atoms with Crippen molar-refractivity contribution in [2.75, 3.05) is 13.2 Å². The average Bonchev–Trinajstić information content (AvgIpc) is 2.83. The molecule has 1 unspecified atom stereocenters. The van der Waals surface area contributed by atoms with Gasteiger partial charge in [-0.05, 0) is 25.0 Å². The summed E-state index contributed by atoms with van der Waals surface area (Å²) in [5.74, 6) is 1.17. The molecule has 0 spiro atoms. The molecule has 0 aromatic carbocycles. The van der Waals surface area contributed by atoms with Crippen molar-refractivity contribution in [2.45, 2.75) is 18.8 Å². The van der Waals surface area contributed by atoms with Crippen molar-refractivity contribution in [1.82, 2.24) is 14.6 Å². The second-order valence-corrected chi connectivity index (χ2v) is 4.25. The van der Waals surface area contributed by atoms with Crippen molar-refractivity contribution in [1.29, 1.82) is 0 Å². The van der Waals surface area contributed by atoms with E-state index in [-0.39, 0.29) is 5.92 Å². The highest BCUT2D eigenvalue weighted by Gasteiger charge is 2.21. The molecule has 0 bridgehead atoms. The molecule has 1 saturated heterocycles. The SMILES string of the molecule is O=Cc1cccn2c(C3CCCOC3)nnc12. The molecule has 5 nitrogen and oxygen atoms in total. The Hall–Kier alpha value is -1.75. The van der Waals surface area contributed by atoms with Gasteiger partial charge in [0.05, 0.1) is 12.2 Å². The van der Waals surface area contributed by atoms with Gasteiger partial charge in [0.15, 0.2) is 11.9 Å². The highest BCUT2D eigenvalue weighted by atomic mass is 16.5. The lowest BCUT2D eigenvalue weighted by molar-refractivity contribution is 0.0778. The number of fused-ring (bicyclic) bond motifs is 1. The molecule has 2 aromatic rings. The Labute approximate surface area is 98.4 Å². The number of carbonyl (C=O) groups excluding carboxylic acids is 1. The van der Waals surface area contributed by atoms with Crippen LogP contribution < -0.4 is 0 Å². The molecule has 88 valence electrons. The Morgan fingerprint density at radius 1 is 1.47 bits per heavy atom. The summed E-state index contributed by atoms with van der Waals surface area (Å²) in [7, 11) is 0. The first kappa shape index (κ1) is 10.4. The van der Waals surface area contributed by atoms with Gasteiger partial charge >= 0.3 is 0 Å². The standard InChI is InChI=1S/C12H13N3O2/c16-7-9-3-1-5-15-11(9)13-14-12(15)10-4-2-6-17-8-10/h1,3,5,7,10H,2,4,6,8H2. The fourth-order valence-corrected chi connectivity index (χ4v) is 2.27. The summed E-state index contributed by atoms with van der Waals surface area (Å²) in [6, 6.07) is 3.59. The van der Waals surface area contributed by atoms with E-state index in [1.165, 1.54) is 0 Å². The fraction of sp³-hybridized carbons (Fsp3) is 0.417. The van der Waals surface area contributed by atoms with Crippen molar-refractivity contribution in [2.24, 2.45) is 0 Å². The Bertz CT molecular complexity index is 544. The third kappa shape index (κ3) is 1.72. The van der Waals surface area contributed by atoms with Crippen molar-refractivity contribution >= 4 is 11.9 Å². The highest BCUT2D eigenvalue weighted by molar-refractivity contribution is 5.83. The molecule has 0 amide bonds. The van der Waals surface area contributed by atoms with E-state index < -0.39 is 0 Å². The molecular formula is C12H13N3O2. The van der Waals surface area contributed by atoms with Crippen molar-refractivity contribution in [3.8, 4) is 0 Å². The van der Waals surface area contributed by atoms with Gasteiger partial charge in [-0.1, -0.05) is 0 Å². The number of aromatic nitrogens is 3. The Balaban J connectivity index is 2.08. The molecule has 17 heavy (non-hydrogen) atoms. The van der Waals surface area contributed by atoms with Crippen LogP contribution in [-0.2, 0) is 4.74 Å². The lowest BCUT2D eigenvalue weighted by Crippen LogP contribution is -2.17. The first-order valence-corrected chi connectivity index (χ1v) is 5.76. The number of pyridine rings is 1. The number of aldehydes is 1. The average molecular weight is 231 g/mol. The van der Waals surface area contributed by atoms with Crippen LogP contribution in [0.5, 0.6) is 0 Å². The Kier molecular flexibility index (Phi) is 2.60. The first-order valence-electron chi connectivity index (χ1n) is 5.76. The van der Waals surface area contributed by atoms with E-state index in [0.717, 1.165) is 31.6 Å². The predicted molar refractivity (Wildman–Crippen MR) is 61.2 cm³/mol. The van der Waals surface area contributed by atoms with Crippen LogP contribution in [0.3, 0.4) is 0 Å². The van der Waals surface area contributed by atoms with Gasteiger partial charge in [0.25, 0.3) is 0 Å². The van der Waals surface area contributed by atoms with E-state index in [0.29, 0.717) is 17.8 Å². The van der Waals surface area contributed by atoms with Crippen LogP contribution in [-0.4, -0.2) is 34.1 Å². The van der Waals surface area contributed by atoms with Gasteiger partial charge in [0.2, 0.25) is 0 Å². The highest BCUT2D eigenvalue weighted by Crippen LogP contribution is 2.24. The Morgan fingerprint density at radius 3 is 3.18 bits per heavy atom. The maximum atomic E-state index is 10.9. The van der Waals surface area contributed by atoms with Gasteiger partial charge in [0, 0.05) is 18.7 Å². The minimum absolute atomic E-state index is 0.278. The minimum atomic E-state index is 0.278. The molecule has 3 rings (SSSR count). The second kappa shape index (κ2) is 4.25. The quantitative estimate of drug-likeness (QED) is 0.734. The zero-order valence-electron chi connectivity index (χ0n) is 9.37. The minimum Gasteiger partial charge on any atom is -0.381 e. The Morgan fingerprint density at radius 2 is 2.41 bits per heavy atom. The van der Waals surface area contributed by atoms with Crippen LogP contribution in [0.15, 0.2) is 18.3 Å². The molecule has 0 N–H and O–H groups in total. The van der Waals surface area contributed by atoms with E-state index >= 15 is 0 Å². The molecule has 0 aliphatic carbocycles. The number of carbonyl (C=O) groups is 1. The third-order valence-corrected chi connectivity index (χ3v) is 3.14. The van der Waals surface area contributed by atoms with Crippen molar-refractivity contribution in [3.63, 3.8) is 0 Å². The van der Waals surface area contributed by atoms with Gasteiger partial charge in [0.1, 0.15) is 5.82 Å². The van der Waals surface area contributed by atoms with Crippen LogP contribution >= 0.6 is 0 Å². The molecule has 1 fully saturated rings. The van der Waals surface area contributed by atoms with E-state index in [1.54, 1.807) is 6.07 Å². The summed E-state index contributed by atoms with van der Waals surface area (Å²) in [4.78, 5) is 10.9. The monoisotopic (exact) mass is 231 g/mol. The normalized spacial score (nSPS) is 20.6. The lowest BCUT2D eigenvalue weighted by atomic mass is 10.0. The zero-order chi connectivity index (χ0) is 11.7.